The van der Waals surface area contributed by atoms with Crippen LogP contribution in [0.4, 0.5) is 5.69 Å². The van der Waals surface area contributed by atoms with Gasteiger partial charge in [0.15, 0.2) is 5.76 Å². The molecule has 0 aliphatic carbocycles. The Kier molecular flexibility index (Phi) is 5.44. The highest BCUT2D eigenvalue weighted by molar-refractivity contribution is 9.10. The number of anilines is 1. The molecule has 1 aromatic heterocycles. The van der Waals surface area contributed by atoms with Crippen molar-refractivity contribution in [2.75, 3.05) is 12.4 Å². The fourth-order valence-corrected chi connectivity index (χ4v) is 3.15. The van der Waals surface area contributed by atoms with Crippen molar-refractivity contribution >= 4 is 27.5 Å². The maximum Gasteiger partial charge on any atom is 0.256 e. The van der Waals surface area contributed by atoms with Crippen LogP contribution in [0.2, 0.25) is 0 Å². The van der Waals surface area contributed by atoms with Crippen LogP contribution in [-0.4, -0.2) is 18.0 Å². The Morgan fingerprint density at radius 2 is 1.72 bits per heavy atom. The summed E-state index contributed by atoms with van der Waals surface area (Å²) in [6.07, 6.45) is 1.65. The van der Waals surface area contributed by atoms with Gasteiger partial charge in [0.1, 0.15) is 5.75 Å². The number of benzene rings is 3. The van der Waals surface area contributed by atoms with E-state index in [0.717, 1.165) is 15.8 Å². The van der Waals surface area contributed by atoms with E-state index >= 15 is 0 Å². The summed E-state index contributed by atoms with van der Waals surface area (Å²) in [5.74, 6) is 1.54. The lowest BCUT2D eigenvalue weighted by Gasteiger charge is -2.08. The van der Waals surface area contributed by atoms with Crippen LogP contribution in [0.3, 0.4) is 0 Å². The third-order valence-corrected chi connectivity index (χ3v) is 4.91. The number of methoxy groups -OCH3 is 1. The van der Waals surface area contributed by atoms with Crippen molar-refractivity contribution in [3.8, 4) is 28.5 Å². The van der Waals surface area contributed by atoms with E-state index in [1.165, 1.54) is 0 Å². The van der Waals surface area contributed by atoms with Crippen LogP contribution in [0.5, 0.6) is 5.75 Å². The van der Waals surface area contributed by atoms with Crippen molar-refractivity contribution in [1.29, 1.82) is 0 Å². The molecule has 1 heterocycles. The number of aromatic nitrogens is 1. The van der Waals surface area contributed by atoms with E-state index in [1.807, 2.05) is 66.7 Å². The minimum Gasteiger partial charge on any atom is -0.497 e. The molecule has 5 nitrogen and oxygen atoms in total. The van der Waals surface area contributed by atoms with Gasteiger partial charge in [0.05, 0.1) is 18.9 Å². The number of carbonyl (C=O) groups is 1. The summed E-state index contributed by atoms with van der Waals surface area (Å²) in [5.41, 5.74) is 2.70. The zero-order chi connectivity index (χ0) is 20.2. The Bertz CT molecular complexity index is 1140. The Morgan fingerprint density at radius 3 is 2.45 bits per heavy atom. The molecular formula is C23H17BrN2O3. The summed E-state index contributed by atoms with van der Waals surface area (Å²) in [7, 11) is 1.62. The quantitative estimate of drug-likeness (QED) is 0.404. The molecule has 0 atom stereocenters. The van der Waals surface area contributed by atoms with Gasteiger partial charge in [-0.1, -0.05) is 28.1 Å². The molecule has 0 saturated carbocycles. The maximum absolute atomic E-state index is 12.8. The van der Waals surface area contributed by atoms with Gasteiger partial charge in [-0.2, -0.15) is 0 Å². The summed E-state index contributed by atoms with van der Waals surface area (Å²) >= 11 is 3.39. The summed E-state index contributed by atoms with van der Waals surface area (Å²) in [4.78, 5) is 17.2. The number of halogens is 1. The van der Waals surface area contributed by atoms with Crippen LogP contribution in [0.15, 0.2) is 87.9 Å². The van der Waals surface area contributed by atoms with Gasteiger partial charge in [0, 0.05) is 21.3 Å². The monoisotopic (exact) mass is 448 g/mol. The molecule has 6 heteroatoms. The number of oxazole rings is 1. The molecule has 144 valence electrons. The highest BCUT2D eigenvalue weighted by Gasteiger charge is 2.17. The minimum atomic E-state index is -0.230. The number of hydrogen-bond donors (Lipinski definition) is 1. The lowest BCUT2D eigenvalue weighted by Crippen LogP contribution is -2.13. The number of nitrogens with zero attached hydrogens (tertiary/aromatic N) is 1. The zero-order valence-corrected chi connectivity index (χ0v) is 17.1. The van der Waals surface area contributed by atoms with E-state index in [0.29, 0.717) is 28.5 Å². The van der Waals surface area contributed by atoms with Crippen molar-refractivity contribution < 1.29 is 13.9 Å². The molecule has 3 aromatic carbocycles. The third-order valence-electron chi connectivity index (χ3n) is 4.38. The van der Waals surface area contributed by atoms with Gasteiger partial charge in [-0.15, -0.1) is 0 Å². The largest absolute Gasteiger partial charge is 0.497 e. The van der Waals surface area contributed by atoms with Gasteiger partial charge in [-0.25, -0.2) is 4.98 Å². The normalized spacial score (nSPS) is 10.6. The van der Waals surface area contributed by atoms with Gasteiger partial charge in [0.25, 0.3) is 5.91 Å². The fourth-order valence-electron chi connectivity index (χ4n) is 2.89. The fraction of sp³-hybridized carbons (Fsp3) is 0.0435. The van der Waals surface area contributed by atoms with Gasteiger partial charge in [-0.05, 0) is 60.7 Å². The number of nitrogens with one attached hydrogen (secondary N) is 1. The van der Waals surface area contributed by atoms with Crippen LogP contribution in [0, 0.1) is 0 Å². The van der Waals surface area contributed by atoms with Crippen molar-refractivity contribution in [3.63, 3.8) is 0 Å². The molecule has 0 unspecified atom stereocenters. The molecule has 1 amide bonds. The molecule has 0 saturated heterocycles. The number of carbonyl (C=O) groups excluding carboxylic acids is 1. The molecule has 29 heavy (non-hydrogen) atoms. The van der Waals surface area contributed by atoms with Crippen molar-refractivity contribution in [2.24, 2.45) is 0 Å². The Hall–Kier alpha value is -3.38. The van der Waals surface area contributed by atoms with E-state index in [2.05, 4.69) is 26.2 Å². The molecule has 0 aliphatic rings. The van der Waals surface area contributed by atoms with Gasteiger partial charge >= 0.3 is 0 Å². The van der Waals surface area contributed by atoms with Crippen molar-refractivity contribution in [1.82, 2.24) is 4.98 Å². The van der Waals surface area contributed by atoms with Crippen LogP contribution >= 0.6 is 15.9 Å². The Balaban J connectivity index is 1.62. The van der Waals surface area contributed by atoms with E-state index < -0.39 is 0 Å². The highest BCUT2D eigenvalue weighted by atomic mass is 79.9. The predicted molar refractivity (Wildman–Crippen MR) is 116 cm³/mol. The molecule has 0 spiro atoms. The number of amides is 1. The lowest BCUT2D eigenvalue weighted by atomic mass is 10.1. The molecule has 0 radical (unpaired) electrons. The van der Waals surface area contributed by atoms with Crippen molar-refractivity contribution in [3.05, 3.63) is 89.0 Å². The minimum absolute atomic E-state index is 0.230. The SMILES string of the molecule is COc1ccc(-c2cnc(-c3ccccc3C(=O)Nc3ccc(Br)cc3)o2)cc1. The first-order valence-corrected chi connectivity index (χ1v) is 9.70. The molecule has 4 aromatic rings. The van der Waals surface area contributed by atoms with Crippen LogP contribution in [0.1, 0.15) is 10.4 Å². The second-order valence-electron chi connectivity index (χ2n) is 6.26. The van der Waals surface area contributed by atoms with Gasteiger partial charge in [-0.3, -0.25) is 4.79 Å². The molecule has 4 rings (SSSR count). The lowest BCUT2D eigenvalue weighted by molar-refractivity contribution is 0.102. The van der Waals surface area contributed by atoms with Gasteiger partial charge in [0.2, 0.25) is 5.89 Å². The number of rotatable bonds is 5. The first-order valence-electron chi connectivity index (χ1n) is 8.90. The van der Waals surface area contributed by atoms with E-state index in [1.54, 1.807) is 19.4 Å². The zero-order valence-electron chi connectivity index (χ0n) is 15.6. The average Bonchev–Trinajstić information content (AvgIpc) is 3.25. The second-order valence-corrected chi connectivity index (χ2v) is 7.18. The number of hydrogen-bond acceptors (Lipinski definition) is 4. The van der Waals surface area contributed by atoms with Crippen LogP contribution < -0.4 is 10.1 Å². The predicted octanol–water partition coefficient (Wildman–Crippen LogP) is 6.03. The topological polar surface area (TPSA) is 64.4 Å². The van der Waals surface area contributed by atoms with E-state index in [9.17, 15) is 4.79 Å². The standard InChI is InChI=1S/C23H17BrN2O3/c1-28-18-12-6-15(7-13-18)21-14-25-23(29-21)20-5-3-2-4-19(20)22(27)26-17-10-8-16(24)9-11-17/h2-14H,1H3,(H,26,27). The van der Waals surface area contributed by atoms with Gasteiger partial charge < -0.3 is 14.5 Å². The third kappa shape index (κ3) is 4.22. The smallest absolute Gasteiger partial charge is 0.256 e. The summed E-state index contributed by atoms with van der Waals surface area (Å²) in [5, 5.41) is 2.90. The van der Waals surface area contributed by atoms with Crippen molar-refractivity contribution in [2.45, 2.75) is 0 Å². The molecule has 1 N–H and O–H groups in total. The number of ether oxygens (including phenoxy) is 1. The first-order chi connectivity index (χ1) is 14.1. The molecule has 0 aliphatic heterocycles. The van der Waals surface area contributed by atoms with E-state index in [4.69, 9.17) is 9.15 Å². The summed E-state index contributed by atoms with van der Waals surface area (Å²) < 4.78 is 12.1. The summed E-state index contributed by atoms with van der Waals surface area (Å²) in [6, 6.07) is 22.2. The maximum atomic E-state index is 12.8. The Labute approximate surface area is 176 Å². The first kappa shape index (κ1) is 19.0. The summed E-state index contributed by atoms with van der Waals surface area (Å²) in [6.45, 7) is 0. The second kappa shape index (κ2) is 8.32. The molecular weight excluding hydrogens is 432 g/mol. The Morgan fingerprint density at radius 1 is 1.00 bits per heavy atom. The molecule has 0 bridgehead atoms. The van der Waals surface area contributed by atoms with Crippen LogP contribution in [0.25, 0.3) is 22.8 Å². The van der Waals surface area contributed by atoms with Crippen LogP contribution in [-0.2, 0) is 0 Å². The molecule has 0 fully saturated rings. The average molecular weight is 449 g/mol. The highest BCUT2D eigenvalue weighted by Crippen LogP contribution is 2.29. The van der Waals surface area contributed by atoms with E-state index in [-0.39, 0.29) is 5.91 Å².